The maximum Gasteiger partial charge on any atom is 0.250 e. The molecule has 0 saturated heterocycles. The first-order valence-corrected chi connectivity index (χ1v) is 10.5. The maximum absolute atomic E-state index is 12.2. The van der Waals surface area contributed by atoms with E-state index >= 15 is 0 Å². The van der Waals surface area contributed by atoms with Crippen LogP contribution in [-0.2, 0) is 4.79 Å². The molecule has 0 unspecified atom stereocenters. The molecule has 8 heteroatoms. The molecule has 5 N–H and O–H groups in total. The Balaban J connectivity index is 1.49. The SMILES string of the molecule is NC(=O)c1ccccc1NC(=O)CSc1ccc(NC(=S)Nc2ccccc2)cc1. The van der Waals surface area contributed by atoms with Gasteiger partial charge in [0.05, 0.1) is 17.0 Å². The van der Waals surface area contributed by atoms with Crippen molar-refractivity contribution in [2.75, 3.05) is 21.7 Å². The van der Waals surface area contributed by atoms with E-state index < -0.39 is 5.91 Å². The van der Waals surface area contributed by atoms with Crippen LogP contribution in [0, 0.1) is 0 Å². The molecule has 0 radical (unpaired) electrons. The molecule has 0 aliphatic rings. The number of rotatable bonds is 7. The Labute approximate surface area is 184 Å². The van der Waals surface area contributed by atoms with E-state index in [0.29, 0.717) is 10.8 Å². The van der Waals surface area contributed by atoms with Crippen LogP contribution in [0.4, 0.5) is 17.1 Å². The Hall–Kier alpha value is -3.36. The van der Waals surface area contributed by atoms with E-state index in [1.165, 1.54) is 11.8 Å². The second-order valence-corrected chi connectivity index (χ2v) is 7.67. The lowest BCUT2D eigenvalue weighted by atomic mass is 10.1. The third kappa shape index (κ3) is 6.33. The number of hydrogen-bond acceptors (Lipinski definition) is 4. The first kappa shape index (κ1) is 21.4. The number of primary amides is 1. The third-order valence-electron chi connectivity index (χ3n) is 3.98. The van der Waals surface area contributed by atoms with Gasteiger partial charge in [-0.25, -0.2) is 0 Å². The smallest absolute Gasteiger partial charge is 0.250 e. The average molecular weight is 437 g/mol. The number of anilines is 3. The van der Waals surface area contributed by atoms with Gasteiger partial charge in [-0.1, -0.05) is 30.3 Å². The summed E-state index contributed by atoms with van der Waals surface area (Å²) < 4.78 is 0. The van der Waals surface area contributed by atoms with Crippen LogP contribution in [0.1, 0.15) is 10.4 Å². The standard InChI is InChI=1S/C22H20N4O2S2/c23-21(28)18-8-4-5-9-19(18)26-20(27)14-30-17-12-10-16(11-13-17)25-22(29)24-15-6-2-1-3-7-15/h1-13H,14H2,(H2,23,28)(H,26,27)(H2,24,25,29). The summed E-state index contributed by atoms with van der Waals surface area (Å²) in [4.78, 5) is 24.6. The highest BCUT2D eigenvalue weighted by molar-refractivity contribution is 8.00. The minimum absolute atomic E-state index is 0.202. The summed E-state index contributed by atoms with van der Waals surface area (Å²) in [5.74, 6) is -0.598. The number of hydrogen-bond donors (Lipinski definition) is 4. The van der Waals surface area contributed by atoms with Crippen molar-refractivity contribution >= 4 is 58.0 Å². The van der Waals surface area contributed by atoms with Gasteiger partial charge in [-0.05, 0) is 60.7 Å². The molecular formula is C22H20N4O2S2. The molecule has 0 aromatic heterocycles. The highest BCUT2D eigenvalue weighted by Gasteiger charge is 2.10. The number of benzene rings is 3. The zero-order chi connectivity index (χ0) is 21.3. The van der Waals surface area contributed by atoms with Gasteiger partial charge >= 0.3 is 0 Å². The van der Waals surface area contributed by atoms with Crippen molar-refractivity contribution in [3.05, 3.63) is 84.4 Å². The minimum Gasteiger partial charge on any atom is -0.366 e. The summed E-state index contributed by atoms with van der Waals surface area (Å²) in [5, 5.41) is 9.45. The van der Waals surface area contributed by atoms with E-state index in [4.69, 9.17) is 18.0 Å². The monoisotopic (exact) mass is 436 g/mol. The molecule has 0 spiro atoms. The van der Waals surface area contributed by atoms with Crippen LogP contribution in [-0.4, -0.2) is 22.7 Å². The number of carbonyl (C=O) groups excluding carboxylic acids is 2. The number of para-hydroxylation sites is 2. The van der Waals surface area contributed by atoms with E-state index in [0.717, 1.165) is 16.3 Å². The zero-order valence-corrected chi connectivity index (χ0v) is 17.6. The fourth-order valence-corrected chi connectivity index (χ4v) is 3.53. The third-order valence-corrected chi connectivity index (χ3v) is 5.20. The molecule has 152 valence electrons. The predicted octanol–water partition coefficient (Wildman–Crippen LogP) is 4.33. The number of nitrogens with two attached hydrogens (primary N) is 1. The van der Waals surface area contributed by atoms with Gasteiger partial charge in [0.25, 0.3) is 5.91 Å². The summed E-state index contributed by atoms with van der Waals surface area (Å²) in [6, 6.07) is 23.9. The molecule has 0 saturated carbocycles. The van der Waals surface area contributed by atoms with Gasteiger partial charge in [-0.3, -0.25) is 9.59 Å². The number of carbonyl (C=O) groups is 2. The number of amides is 2. The molecule has 3 rings (SSSR count). The van der Waals surface area contributed by atoms with Crippen molar-refractivity contribution < 1.29 is 9.59 Å². The second kappa shape index (κ2) is 10.4. The van der Waals surface area contributed by atoms with Gasteiger partial charge in [0.1, 0.15) is 0 Å². The topological polar surface area (TPSA) is 96.2 Å². The summed E-state index contributed by atoms with van der Waals surface area (Å²) in [6.45, 7) is 0. The lowest BCUT2D eigenvalue weighted by molar-refractivity contribution is -0.113. The van der Waals surface area contributed by atoms with E-state index in [9.17, 15) is 9.59 Å². The van der Waals surface area contributed by atoms with Gasteiger partial charge < -0.3 is 21.7 Å². The predicted molar refractivity (Wildman–Crippen MR) is 127 cm³/mol. The summed E-state index contributed by atoms with van der Waals surface area (Å²) in [7, 11) is 0. The van der Waals surface area contributed by atoms with E-state index in [1.54, 1.807) is 24.3 Å². The van der Waals surface area contributed by atoms with Gasteiger partial charge in [0.2, 0.25) is 5.91 Å². The van der Waals surface area contributed by atoms with Gasteiger partial charge in [0.15, 0.2) is 5.11 Å². The Morgan fingerprint density at radius 1 is 0.800 bits per heavy atom. The zero-order valence-electron chi connectivity index (χ0n) is 15.9. The van der Waals surface area contributed by atoms with Crippen LogP contribution in [0.2, 0.25) is 0 Å². The molecule has 0 heterocycles. The highest BCUT2D eigenvalue weighted by atomic mass is 32.2. The highest BCUT2D eigenvalue weighted by Crippen LogP contribution is 2.21. The minimum atomic E-state index is -0.582. The first-order chi connectivity index (χ1) is 14.5. The van der Waals surface area contributed by atoms with Crippen LogP contribution in [0.25, 0.3) is 0 Å². The molecular weight excluding hydrogens is 416 g/mol. The molecule has 0 bridgehead atoms. The normalized spacial score (nSPS) is 10.1. The lowest BCUT2D eigenvalue weighted by Crippen LogP contribution is -2.19. The Kier molecular flexibility index (Phi) is 7.42. The van der Waals surface area contributed by atoms with Crippen LogP contribution < -0.4 is 21.7 Å². The molecule has 3 aromatic carbocycles. The van der Waals surface area contributed by atoms with Crippen molar-refractivity contribution in [1.82, 2.24) is 0 Å². The fourth-order valence-electron chi connectivity index (χ4n) is 2.59. The van der Waals surface area contributed by atoms with Gasteiger partial charge in [0, 0.05) is 16.3 Å². The van der Waals surface area contributed by atoms with E-state index in [1.807, 2.05) is 54.6 Å². The molecule has 30 heavy (non-hydrogen) atoms. The van der Waals surface area contributed by atoms with Crippen LogP contribution in [0.3, 0.4) is 0 Å². The number of thiocarbonyl (C=S) groups is 1. The maximum atomic E-state index is 12.2. The molecule has 3 aromatic rings. The van der Waals surface area contributed by atoms with E-state index in [2.05, 4.69) is 16.0 Å². The average Bonchev–Trinajstić information content (AvgIpc) is 2.74. The molecule has 0 aliphatic carbocycles. The largest absolute Gasteiger partial charge is 0.366 e. The first-order valence-electron chi connectivity index (χ1n) is 9.06. The Bertz CT molecular complexity index is 1040. The van der Waals surface area contributed by atoms with Crippen molar-refractivity contribution in [3.63, 3.8) is 0 Å². The summed E-state index contributed by atoms with van der Waals surface area (Å²) in [6.07, 6.45) is 0. The molecule has 0 fully saturated rings. The summed E-state index contributed by atoms with van der Waals surface area (Å²) in [5.41, 5.74) is 7.78. The Morgan fingerprint density at radius 2 is 1.40 bits per heavy atom. The number of thioether (sulfide) groups is 1. The molecule has 2 amide bonds. The molecule has 0 atom stereocenters. The van der Waals surface area contributed by atoms with Crippen LogP contribution >= 0.6 is 24.0 Å². The lowest BCUT2D eigenvalue weighted by Gasteiger charge is -2.11. The molecule has 0 aliphatic heterocycles. The second-order valence-electron chi connectivity index (χ2n) is 6.22. The van der Waals surface area contributed by atoms with Gasteiger partial charge in [-0.15, -0.1) is 11.8 Å². The van der Waals surface area contributed by atoms with Crippen molar-refractivity contribution in [1.29, 1.82) is 0 Å². The van der Waals surface area contributed by atoms with Crippen molar-refractivity contribution in [2.45, 2.75) is 4.90 Å². The summed E-state index contributed by atoms with van der Waals surface area (Å²) >= 11 is 6.70. The van der Waals surface area contributed by atoms with Crippen LogP contribution in [0.15, 0.2) is 83.8 Å². The van der Waals surface area contributed by atoms with Crippen LogP contribution in [0.5, 0.6) is 0 Å². The fraction of sp³-hybridized carbons (Fsp3) is 0.0455. The van der Waals surface area contributed by atoms with Crippen molar-refractivity contribution in [2.24, 2.45) is 5.73 Å². The molecule has 6 nitrogen and oxygen atoms in total. The van der Waals surface area contributed by atoms with Gasteiger partial charge in [-0.2, -0.15) is 0 Å². The number of nitrogens with one attached hydrogen (secondary N) is 3. The quantitative estimate of drug-likeness (QED) is 0.325. The Morgan fingerprint density at radius 3 is 2.07 bits per heavy atom. The van der Waals surface area contributed by atoms with Crippen molar-refractivity contribution in [3.8, 4) is 0 Å². The van der Waals surface area contributed by atoms with E-state index in [-0.39, 0.29) is 17.2 Å².